The van der Waals surface area contributed by atoms with Gasteiger partial charge in [0.1, 0.15) is 0 Å². The first-order chi connectivity index (χ1) is 7.57. The predicted octanol–water partition coefficient (Wildman–Crippen LogP) is 4.33. The minimum atomic E-state index is 0.236. The van der Waals surface area contributed by atoms with Crippen molar-refractivity contribution in [3.05, 3.63) is 53.6 Å². The summed E-state index contributed by atoms with van der Waals surface area (Å²) in [5, 5.41) is 0. The van der Waals surface area contributed by atoms with Crippen LogP contribution in [-0.4, -0.2) is 0 Å². The van der Waals surface area contributed by atoms with Crippen molar-refractivity contribution in [2.75, 3.05) is 0 Å². The van der Waals surface area contributed by atoms with Crippen LogP contribution in [0.2, 0.25) is 0 Å². The molecule has 2 aliphatic carbocycles. The van der Waals surface area contributed by atoms with E-state index in [1.165, 1.54) is 16.7 Å². The molecule has 0 spiro atoms. The molecule has 0 bridgehead atoms. The van der Waals surface area contributed by atoms with E-state index in [1.807, 2.05) is 0 Å². The van der Waals surface area contributed by atoms with E-state index < -0.39 is 0 Å². The molecule has 0 radical (unpaired) electrons. The number of allylic oxidation sites excluding steroid dienone is 4. The van der Waals surface area contributed by atoms with Crippen molar-refractivity contribution in [2.45, 2.75) is 32.6 Å². The number of hydrogen-bond donors (Lipinski definition) is 0. The van der Waals surface area contributed by atoms with E-state index in [4.69, 9.17) is 0 Å². The molecule has 0 saturated heterocycles. The van der Waals surface area contributed by atoms with Crippen LogP contribution in [0.4, 0.5) is 0 Å². The Hall–Kier alpha value is -1.30. The highest BCUT2D eigenvalue weighted by Crippen LogP contribution is 2.60. The van der Waals surface area contributed by atoms with Crippen LogP contribution in [0.15, 0.2) is 42.5 Å². The van der Waals surface area contributed by atoms with Gasteiger partial charge in [-0.2, -0.15) is 0 Å². The van der Waals surface area contributed by atoms with Crippen LogP contribution >= 0.6 is 0 Å². The van der Waals surface area contributed by atoms with Crippen molar-refractivity contribution in [1.82, 2.24) is 0 Å². The minimum absolute atomic E-state index is 0.236. The normalized spacial score (nSPS) is 29.6. The number of fused-ring (bicyclic) bond motifs is 3. The Morgan fingerprint density at radius 3 is 2.62 bits per heavy atom. The fourth-order valence-electron chi connectivity index (χ4n) is 3.30. The van der Waals surface area contributed by atoms with Gasteiger partial charge in [-0.1, -0.05) is 63.3 Å². The minimum Gasteiger partial charge on any atom is -0.0836 e. The van der Waals surface area contributed by atoms with E-state index in [-0.39, 0.29) is 10.8 Å². The molecule has 3 rings (SSSR count). The maximum Gasteiger partial charge on any atom is 0.00570 e. The SMILES string of the molecule is CC12CC=CC=C1c1ccccc1C2(C)C. The molecule has 0 amide bonds. The largest absolute Gasteiger partial charge is 0.0836 e. The van der Waals surface area contributed by atoms with Crippen LogP contribution in [-0.2, 0) is 5.41 Å². The maximum atomic E-state index is 2.41. The molecule has 0 saturated carbocycles. The topological polar surface area (TPSA) is 0 Å². The monoisotopic (exact) mass is 210 g/mol. The van der Waals surface area contributed by atoms with Gasteiger partial charge in [-0.3, -0.25) is 0 Å². The Morgan fingerprint density at radius 2 is 1.81 bits per heavy atom. The summed E-state index contributed by atoms with van der Waals surface area (Å²) in [4.78, 5) is 0. The third-order valence-corrected chi connectivity index (χ3v) is 4.79. The first-order valence-corrected chi connectivity index (χ1v) is 6.04. The predicted molar refractivity (Wildman–Crippen MR) is 69.3 cm³/mol. The van der Waals surface area contributed by atoms with Crippen molar-refractivity contribution >= 4 is 5.57 Å². The molecule has 1 unspecified atom stereocenters. The van der Waals surface area contributed by atoms with Crippen molar-refractivity contribution in [3.63, 3.8) is 0 Å². The standard InChI is InChI=1S/C16H18/c1-15(2)13-9-5-4-8-12(13)14-10-6-7-11-16(14,15)3/h4-10H,11H2,1-3H3. The average molecular weight is 210 g/mol. The molecule has 0 N–H and O–H groups in total. The summed E-state index contributed by atoms with van der Waals surface area (Å²) in [6.07, 6.45) is 7.96. The Balaban J connectivity index is 2.34. The lowest BCUT2D eigenvalue weighted by molar-refractivity contribution is 0.271. The van der Waals surface area contributed by atoms with Crippen LogP contribution in [0.3, 0.4) is 0 Å². The fraction of sp³-hybridized carbons (Fsp3) is 0.375. The molecule has 1 aromatic rings. The summed E-state index contributed by atoms with van der Waals surface area (Å²) in [5.74, 6) is 0. The van der Waals surface area contributed by atoms with Gasteiger partial charge in [0.05, 0.1) is 0 Å². The van der Waals surface area contributed by atoms with Crippen molar-refractivity contribution < 1.29 is 0 Å². The number of benzene rings is 1. The second-order valence-electron chi connectivity index (χ2n) is 5.72. The molecular weight excluding hydrogens is 192 g/mol. The van der Waals surface area contributed by atoms with Gasteiger partial charge in [-0.15, -0.1) is 0 Å². The zero-order valence-corrected chi connectivity index (χ0v) is 10.2. The molecule has 0 aliphatic heterocycles. The van der Waals surface area contributed by atoms with Gasteiger partial charge in [-0.05, 0) is 28.5 Å². The van der Waals surface area contributed by atoms with E-state index in [0.717, 1.165) is 6.42 Å². The maximum absolute atomic E-state index is 2.41. The van der Waals surface area contributed by atoms with Gasteiger partial charge in [0, 0.05) is 5.41 Å². The third-order valence-electron chi connectivity index (χ3n) is 4.79. The average Bonchev–Trinajstić information content (AvgIpc) is 2.46. The quantitative estimate of drug-likeness (QED) is 0.598. The summed E-state index contributed by atoms with van der Waals surface area (Å²) < 4.78 is 0. The number of rotatable bonds is 0. The van der Waals surface area contributed by atoms with Crippen molar-refractivity contribution in [1.29, 1.82) is 0 Å². The van der Waals surface area contributed by atoms with E-state index in [9.17, 15) is 0 Å². The zero-order chi connectivity index (χ0) is 11.4. The highest BCUT2D eigenvalue weighted by Gasteiger charge is 2.51. The lowest BCUT2D eigenvalue weighted by Crippen LogP contribution is -2.34. The smallest absolute Gasteiger partial charge is 0.00570 e. The van der Waals surface area contributed by atoms with Crippen LogP contribution < -0.4 is 0 Å². The summed E-state index contributed by atoms with van der Waals surface area (Å²) in [5.41, 5.74) is 4.99. The Morgan fingerprint density at radius 1 is 1.06 bits per heavy atom. The first kappa shape index (κ1) is 9.89. The van der Waals surface area contributed by atoms with Crippen LogP contribution in [0.25, 0.3) is 5.57 Å². The van der Waals surface area contributed by atoms with Crippen molar-refractivity contribution in [2.24, 2.45) is 5.41 Å². The number of hydrogen-bond acceptors (Lipinski definition) is 0. The Kier molecular flexibility index (Phi) is 1.78. The Labute approximate surface area is 97.7 Å². The molecular formula is C16H18. The summed E-state index contributed by atoms with van der Waals surface area (Å²) in [6, 6.07) is 8.88. The summed E-state index contributed by atoms with van der Waals surface area (Å²) >= 11 is 0. The molecule has 1 aromatic carbocycles. The summed E-state index contributed by atoms with van der Waals surface area (Å²) in [6.45, 7) is 7.17. The molecule has 16 heavy (non-hydrogen) atoms. The van der Waals surface area contributed by atoms with Crippen LogP contribution in [0, 0.1) is 5.41 Å². The summed E-state index contributed by atoms with van der Waals surface area (Å²) in [7, 11) is 0. The van der Waals surface area contributed by atoms with E-state index >= 15 is 0 Å². The van der Waals surface area contributed by atoms with Gasteiger partial charge in [0.25, 0.3) is 0 Å². The van der Waals surface area contributed by atoms with Gasteiger partial charge in [0.15, 0.2) is 0 Å². The molecule has 0 fully saturated rings. The Bertz CT molecular complexity index is 503. The third kappa shape index (κ3) is 0.953. The fourth-order valence-corrected chi connectivity index (χ4v) is 3.30. The lowest BCUT2D eigenvalue weighted by Gasteiger charge is -2.40. The molecule has 0 heteroatoms. The molecule has 0 heterocycles. The van der Waals surface area contributed by atoms with Gasteiger partial charge < -0.3 is 0 Å². The highest BCUT2D eigenvalue weighted by atomic mass is 14.5. The van der Waals surface area contributed by atoms with Crippen LogP contribution in [0.5, 0.6) is 0 Å². The molecule has 0 nitrogen and oxygen atoms in total. The first-order valence-electron chi connectivity index (χ1n) is 6.04. The van der Waals surface area contributed by atoms with E-state index in [2.05, 4.69) is 63.3 Å². The van der Waals surface area contributed by atoms with E-state index in [0.29, 0.717) is 0 Å². The molecule has 2 aliphatic rings. The van der Waals surface area contributed by atoms with Crippen molar-refractivity contribution in [3.8, 4) is 0 Å². The molecule has 82 valence electrons. The van der Waals surface area contributed by atoms with Crippen LogP contribution in [0.1, 0.15) is 38.3 Å². The second kappa shape index (κ2) is 2.88. The zero-order valence-electron chi connectivity index (χ0n) is 10.2. The molecule has 0 aromatic heterocycles. The lowest BCUT2D eigenvalue weighted by atomic mass is 9.63. The van der Waals surface area contributed by atoms with E-state index in [1.54, 1.807) is 0 Å². The molecule has 1 atom stereocenters. The van der Waals surface area contributed by atoms with Gasteiger partial charge >= 0.3 is 0 Å². The van der Waals surface area contributed by atoms with Gasteiger partial charge in [0.2, 0.25) is 0 Å². The van der Waals surface area contributed by atoms with Gasteiger partial charge in [-0.25, -0.2) is 0 Å². The second-order valence-corrected chi connectivity index (χ2v) is 5.72. The highest BCUT2D eigenvalue weighted by molar-refractivity contribution is 5.82.